The average molecular weight is 273 g/mol. The van der Waals surface area contributed by atoms with Crippen LogP contribution in [0.2, 0.25) is 0 Å². The highest BCUT2D eigenvalue weighted by Crippen LogP contribution is 2.08. The molecule has 0 aliphatic rings. The summed E-state index contributed by atoms with van der Waals surface area (Å²) in [6, 6.07) is 0.348. The lowest BCUT2D eigenvalue weighted by atomic mass is 10.1. The van der Waals surface area contributed by atoms with Gasteiger partial charge in [-0.2, -0.15) is 0 Å². The molecule has 114 valence electrons. The molecule has 1 amide bonds. The molecule has 0 aromatic heterocycles. The summed E-state index contributed by atoms with van der Waals surface area (Å²) >= 11 is 0. The highest BCUT2D eigenvalue weighted by Gasteiger charge is 2.11. The lowest BCUT2D eigenvalue weighted by Crippen LogP contribution is -2.34. The summed E-state index contributed by atoms with van der Waals surface area (Å²) in [6.07, 6.45) is 6.51. The Kier molecular flexibility index (Phi) is 10.6. The zero-order chi connectivity index (χ0) is 14.7. The van der Waals surface area contributed by atoms with E-state index in [9.17, 15) is 4.79 Å². The van der Waals surface area contributed by atoms with E-state index >= 15 is 0 Å². The summed E-state index contributed by atoms with van der Waals surface area (Å²) in [5.41, 5.74) is 11.3. The van der Waals surface area contributed by atoms with Crippen LogP contribution < -0.4 is 11.5 Å². The molecule has 0 heterocycles. The van der Waals surface area contributed by atoms with E-state index in [1.54, 1.807) is 0 Å². The van der Waals surface area contributed by atoms with E-state index in [1.807, 2.05) is 13.8 Å². The largest absolute Gasteiger partial charge is 0.465 e. The zero-order valence-electron chi connectivity index (χ0n) is 12.5. The highest BCUT2D eigenvalue weighted by atomic mass is 16.4. The second kappa shape index (κ2) is 11.1. The number of amides is 1. The van der Waals surface area contributed by atoms with Crippen molar-refractivity contribution < 1.29 is 9.90 Å². The first kappa shape index (κ1) is 18.2. The first-order valence-electron chi connectivity index (χ1n) is 7.42. The van der Waals surface area contributed by atoms with E-state index in [0.29, 0.717) is 19.1 Å². The summed E-state index contributed by atoms with van der Waals surface area (Å²) < 4.78 is 0. The molecule has 5 heteroatoms. The predicted octanol–water partition coefficient (Wildman–Crippen LogP) is 2.39. The van der Waals surface area contributed by atoms with Crippen molar-refractivity contribution in [1.82, 2.24) is 4.90 Å². The molecule has 2 unspecified atom stereocenters. The van der Waals surface area contributed by atoms with Gasteiger partial charge in [0.25, 0.3) is 0 Å². The van der Waals surface area contributed by atoms with Gasteiger partial charge in [-0.3, -0.25) is 0 Å². The minimum Gasteiger partial charge on any atom is -0.465 e. The molecule has 0 fully saturated rings. The molecule has 0 radical (unpaired) electrons. The molecule has 0 rings (SSSR count). The van der Waals surface area contributed by atoms with Crippen molar-refractivity contribution in [3.63, 3.8) is 0 Å². The molecule has 0 aromatic carbocycles. The van der Waals surface area contributed by atoms with Crippen LogP contribution in [0.25, 0.3) is 0 Å². The lowest BCUT2D eigenvalue weighted by molar-refractivity contribution is 0.142. The number of carboxylic acid groups (broad SMARTS) is 1. The fraction of sp³-hybridized carbons (Fsp3) is 0.929. The van der Waals surface area contributed by atoms with E-state index in [2.05, 4.69) is 0 Å². The molecule has 2 atom stereocenters. The van der Waals surface area contributed by atoms with Crippen molar-refractivity contribution in [3.05, 3.63) is 0 Å². The molecule has 5 N–H and O–H groups in total. The molecule has 0 saturated carbocycles. The minimum absolute atomic E-state index is 0.0557. The maximum Gasteiger partial charge on any atom is 0.407 e. The Morgan fingerprint density at radius 2 is 1.47 bits per heavy atom. The van der Waals surface area contributed by atoms with Crippen molar-refractivity contribution in [1.29, 1.82) is 0 Å². The van der Waals surface area contributed by atoms with Crippen LogP contribution in [-0.2, 0) is 0 Å². The molecule has 19 heavy (non-hydrogen) atoms. The predicted molar refractivity (Wildman–Crippen MR) is 79.2 cm³/mol. The lowest BCUT2D eigenvalue weighted by Gasteiger charge is -2.20. The summed E-state index contributed by atoms with van der Waals surface area (Å²) in [6.45, 7) is 5.09. The smallest absolute Gasteiger partial charge is 0.407 e. The van der Waals surface area contributed by atoms with Gasteiger partial charge in [0.15, 0.2) is 0 Å². The van der Waals surface area contributed by atoms with Crippen LogP contribution in [0.4, 0.5) is 4.79 Å². The molecule has 0 aliphatic carbocycles. The van der Waals surface area contributed by atoms with E-state index in [1.165, 1.54) is 17.7 Å². The first-order valence-corrected chi connectivity index (χ1v) is 7.42. The Morgan fingerprint density at radius 3 is 2.00 bits per heavy atom. The van der Waals surface area contributed by atoms with E-state index < -0.39 is 6.09 Å². The second-order valence-electron chi connectivity index (χ2n) is 5.57. The van der Waals surface area contributed by atoms with Gasteiger partial charge >= 0.3 is 6.09 Å². The average Bonchev–Trinajstić information content (AvgIpc) is 2.30. The van der Waals surface area contributed by atoms with Crippen LogP contribution in [0.1, 0.15) is 58.8 Å². The van der Waals surface area contributed by atoms with Crippen LogP contribution in [0.5, 0.6) is 0 Å². The molecule has 0 aromatic rings. The topological polar surface area (TPSA) is 92.6 Å². The molecular weight excluding hydrogens is 242 g/mol. The number of hydrogen-bond acceptors (Lipinski definition) is 3. The Morgan fingerprint density at radius 1 is 0.947 bits per heavy atom. The standard InChI is InChI=1S/C14H31N3O2/c1-12(15)8-6-4-3-5-7-10-17(14(18)19)11-9-13(2)16/h12-13H,3-11,15-16H2,1-2H3,(H,18,19). The summed E-state index contributed by atoms with van der Waals surface area (Å²) in [5, 5.41) is 9.06. The van der Waals surface area contributed by atoms with Crippen molar-refractivity contribution in [2.45, 2.75) is 70.9 Å². The van der Waals surface area contributed by atoms with Crippen LogP contribution >= 0.6 is 0 Å². The van der Waals surface area contributed by atoms with Crippen molar-refractivity contribution in [2.24, 2.45) is 11.5 Å². The zero-order valence-corrected chi connectivity index (χ0v) is 12.5. The summed E-state index contributed by atoms with van der Waals surface area (Å²) in [4.78, 5) is 12.5. The van der Waals surface area contributed by atoms with Gasteiger partial charge in [0.1, 0.15) is 0 Å². The number of unbranched alkanes of at least 4 members (excludes halogenated alkanes) is 4. The van der Waals surface area contributed by atoms with Gasteiger partial charge in [0, 0.05) is 25.2 Å². The van der Waals surface area contributed by atoms with Crippen LogP contribution in [0, 0.1) is 0 Å². The number of nitrogens with zero attached hydrogens (tertiary/aromatic N) is 1. The van der Waals surface area contributed by atoms with E-state index in [0.717, 1.165) is 32.1 Å². The van der Waals surface area contributed by atoms with Crippen LogP contribution in [-0.4, -0.2) is 41.3 Å². The molecule has 5 nitrogen and oxygen atoms in total. The third-order valence-corrected chi connectivity index (χ3v) is 3.21. The Hall–Kier alpha value is -0.810. The molecule has 0 bridgehead atoms. The minimum atomic E-state index is -0.836. The van der Waals surface area contributed by atoms with Gasteiger partial charge in [-0.15, -0.1) is 0 Å². The number of carbonyl (C=O) groups is 1. The van der Waals surface area contributed by atoms with Gasteiger partial charge in [-0.25, -0.2) is 4.79 Å². The third kappa shape index (κ3) is 12.0. The normalized spacial score (nSPS) is 14.1. The number of rotatable bonds is 11. The monoisotopic (exact) mass is 273 g/mol. The first-order chi connectivity index (χ1) is 8.93. The summed E-state index contributed by atoms with van der Waals surface area (Å²) in [7, 11) is 0. The Balaban J connectivity index is 3.56. The fourth-order valence-corrected chi connectivity index (χ4v) is 1.96. The van der Waals surface area contributed by atoms with Crippen LogP contribution in [0.3, 0.4) is 0 Å². The summed E-state index contributed by atoms with van der Waals surface area (Å²) in [5.74, 6) is 0. The van der Waals surface area contributed by atoms with E-state index in [-0.39, 0.29) is 6.04 Å². The maximum atomic E-state index is 11.0. The van der Waals surface area contributed by atoms with Gasteiger partial charge in [-0.05, 0) is 33.1 Å². The van der Waals surface area contributed by atoms with Crippen molar-refractivity contribution in [2.75, 3.05) is 13.1 Å². The van der Waals surface area contributed by atoms with Gasteiger partial charge in [0.2, 0.25) is 0 Å². The third-order valence-electron chi connectivity index (χ3n) is 3.21. The highest BCUT2D eigenvalue weighted by molar-refractivity contribution is 5.64. The molecular formula is C14H31N3O2. The SMILES string of the molecule is CC(N)CCCCCCCN(CCC(C)N)C(=O)O. The Bertz CT molecular complexity index is 233. The van der Waals surface area contributed by atoms with Crippen molar-refractivity contribution in [3.8, 4) is 0 Å². The maximum absolute atomic E-state index is 11.0. The quantitative estimate of drug-likeness (QED) is 0.504. The second-order valence-corrected chi connectivity index (χ2v) is 5.57. The van der Waals surface area contributed by atoms with Gasteiger partial charge in [0.05, 0.1) is 0 Å². The Labute approximate surface area is 117 Å². The molecule has 0 aliphatic heterocycles. The number of hydrogen-bond donors (Lipinski definition) is 3. The van der Waals surface area contributed by atoms with E-state index in [4.69, 9.17) is 16.6 Å². The van der Waals surface area contributed by atoms with Gasteiger partial charge < -0.3 is 21.5 Å². The number of nitrogens with two attached hydrogens (primary N) is 2. The molecule has 0 saturated heterocycles. The van der Waals surface area contributed by atoms with Crippen molar-refractivity contribution >= 4 is 6.09 Å². The fourth-order valence-electron chi connectivity index (χ4n) is 1.96. The van der Waals surface area contributed by atoms with Gasteiger partial charge in [-0.1, -0.05) is 25.7 Å². The van der Waals surface area contributed by atoms with Crippen LogP contribution in [0.15, 0.2) is 0 Å². The molecule has 0 spiro atoms.